The molecule has 4 rings (SSSR count). The van der Waals surface area contributed by atoms with E-state index in [9.17, 15) is 48.9 Å². The molecule has 7 N–H and O–H groups in total. The van der Waals surface area contributed by atoms with E-state index in [1.54, 1.807) is 19.9 Å². The quantitative estimate of drug-likeness (QED) is 0.141. The van der Waals surface area contributed by atoms with Gasteiger partial charge in [-0.05, 0) is 80.1 Å². The molecule has 3 saturated carbocycles. The molecule has 0 saturated heterocycles. The van der Waals surface area contributed by atoms with Crippen LogP contribution in [-0.4, -0.2) is 86.9 Å². The Labute approximate surface area is 286 Å². The Kier molecular flexibility index (Phi) is 11.4. The summed E-state index contributed by atoms with van der Waals surface area (Å²) in [6.45, 7) is 6.53. The van der Waals surface area contributed by atoms with Gasteiger partial charge in [0.25, 0.3) is 0 Å². The molecule has 0 aliphatic heterocycles. The second-order valence-electron chi connectivity index (χ2n) is 15.3. The summed E-state index contributed by atoms with van der Waals surface area (Å²) in [6, 6.07) is -2.53. The maximum atomic E-state index is 13.5. The van der Waals surface area contributed by atoms with Gasteiger partial charge in [0.15, 0.2) is 12.4 Å². The van der Waals surface area contributed by atoms with Gasteiger partial charge in [-0.2, -0.15) is 0 Å². The lowest BCUT2D eigenvalue weighted by molar-refractivity contribution is -0.184. The summed E-state index contributed by atoms with van der Waals surface area (Å²) in [4.78, 5) is 86.2. The molecule has 4 aliphatic rings. The van der Waals surface area contributed by atoms with Crippen molar-refractivity contribution in [2.24, 2.45) is 40.2 Å². The smallest absolute Gasteiger partial charge is 0.326 e. The van der Waals surface area contributed by atoms with Crippen LogP contribution < -0.4 is 16.4 Å². The van der Waals surface area contributed by atoms with Crippen molar-refractivity contribution >= 4 is 41.2 Å². The van der Waals surface area contributed by atoms with E-state index in [0.717, 1.165) is 18.4 Å². The van der Waals surface area contributed by atoms with Crippen LogP contribution in [0.2, 0.25) is 0 Å². The average Bonchev–Trinajstić information content (AvgIpc) is 3.29. The molecule has 4 aliphatic carbocycles. The van der Waals surface area contributed by atoms with Gasteiger partial charge in [0, 0.05) is 24.7 Å². The molecule has 3 amide bonds. The molecule has 0 radical (unpaired) electrons. The number of carboxylic acid groups (broad SMARTS) is 1. The number of fused-ring (bicyclic) bond motifs is 5. The van der Waals surface area contributed by atoms with Gasteiger partial charge in [0.2, 0.25) is 23.5 Å². The molecule has 0 bridgehead atoms. The Morgan fingerprint density at radius 1 is 1.02 bits per heavy atom. The molecule has 0 unspecified atom stereocenters. The van der Waals surface area contributed by atoms with E-state index in [-0.39, 0.29) is 61.1 Å². The molecule has 272 valence electrons. The van der Waals surface area contributed by atoms with Crippen LogP contribution in [0.4, 0.5) is 0 Å². The highest BCUT2D eigenvalue weighted by molar-refractivity contribution is 5.93. The molecule has 0 aromatic rings. The third-order valence-electron chi connectivity index (χ3n) is 12.0. The lowest BCUT2D eigenvalue weighted by Crippen LogP contribution is -2.62. The van der Waals surface area contributed by atoms with Crippen molar-refractivity contribution in [2.75, 3.05) is 6.61 Å². The topological polar surface area (TPSA) is 239 Å². The second-order valence-corrected chi connectivity index (χ2v) is 15.3. The number of Topliss-reactive ketones (excluding diaryl/α,β-unsaturated/α-hetero) is 1. The van der Waals surface area contributed by atoms with Gasteiger partial charge in [-0.15, -0.1) is 0 Å². The number of aliphatic hydroxyl groups is 2. The summed E-state index contributed by atoms with van der Waals surface area (Å²) < 4.78 is 5.20. The molecule has 14 nitrogen and oxygen atoms in total. The monoisotopic (exact) mass is 689 g/mol. The normalized spacial score (nSPS) is 33.2. The van der Waals surface area contributed by atoms with Crippen LogP contribution in [0, 0.1) is 34.5 Å². The number of allylic oxidation sites excluding steroid dienone is 1. The molecule has 3 fully saturated rings. The van der Waals surface area contributed by atoms with Crippen LogP contribution >= 0.6 is 0 Å². The van der Waals surface area contributed by atoms with Gasteiger partial charge in [-0.25, -0.2) is 4.79 Å². The lowest BCUT2D eigenvalue weighted by Gasteiger charge is -2.60. The summed E-state index contributed by atoms with van der Waals surface area (Å²) in [5, 5.41) is 37.6. The third-order valence-corrected chi connectivity index (χ3v) is 12.0. The summed E-state index contributed by atoms with van der Waals surface area (Å²) in [6.07, 6.45) is 3.24. The number of nitrogens with two attached hydrogens (primary N) is 1. The Morgan fingerprint density at radius 2 is 1.71 bits per heavy atom. The first-order chi connectivity index (χ1) is 22.8. The van der Waals surface area contributed by atoms with E-state index >= 15 is 0 Å². The zero-order chi connectivity index (χ0) is 36.5. The molecule has 49 heavy (non-hydrogen) atoms. The first-order valence-electron chi connectivity index (χ1n) is 17.3. The number of nitrogens with one attached hydrogen (secondary N) is 2. The van der Waals surface area contributed by atoms with Crippen molar-refractivity contribution in [3.05, 3.63) is 11.6 Å². The van der Waals surface area contributed by atoms with Crippen LogP contribution in [0.25, 0.3) is 0 Å². The summed E-state index contributed by atoms with van der Waals surface area (Å²) in [5.74, 6) is -5.46. The summed E-state index contributed by atoms with van der Waals surface area (Å²) in [5.41, 5.74) is 3.10. The Morgan fingerprint density at radius 3 is 2.35 bits per heavy atom. The van der Waals surface area contributed by atoms with Gasteiger partial charge in [-0.1, -0.05) is 33.3 Å². The predicted octanol–water partition coefficient (Wildman–Crippen LogP) is 1.09. The minimum Gasteiger partial charge on any atom is -0.480 e. The lowest BCUT2D eigenvalue weighted by atomic mass is 9.45. The van der Waals surface area contributed by atoms with Gasteiger partial charge in [-0.3, -0.25) is 28.8 Å². The van der Waals surface area contributed by atoms with Crippen molar-refractivity contribution in [1.29, 1.82) is 0 Å². The molecule has 0 aromatic heterocycles. The predicted molar refractivity (Wildman–Crippen MR) is 173 cm³/mol. The second kappa shape index (κ2) is 14.7. The first kappa shape index (κ1) is 38.2. The number of amides is 3. The number of ether oxygens (including phenoxy) is 1. The Balaban J connectivity index is 1.31. The molecule has 14 heteroatoms. The van der Waals surface area contributed by atoms with Crippen molar-refractivity contribution < 1.29 is 53.6 Å². The van der Waals surface area contributed by atoms with Gasteiger partial charge < -0.3 is 36.4 Å². The van der Waals surface area contributed by atoms with Crippen molar-refractivity contribution in [3.63, 3.8) is 0 Å². The fraction of sp³-hybridized carbons (Fsp3) is 0.743. The van der Waals surface area contributed by atoms with Crippen LogP contribution in [-0.2, 0) is 38.3 Å². The first-order valence-corrected chi connectivity index (χ1v) is 17.3. The fourth-order valence-corrected chi connectivity index (χ4v) is 9.29. The largest absolute Gasteiger partial charge is 0.480 e. The number of carbonyl (C=O) groups excluding carboxylic acids is 6. The molecule has 9 atom stereocenters. The van der Waals surface area contributed by atoms with Crippen LogP contribution in [0.15, 0.2) is 11.6 Å². The standard InChI is InChI=1S/C35H51N3O11/c1-18(2)30(31(45)37-23(32(46)47)7-8-26(36)42)38-27(43)9-10-28(44)49-17-25(41)35(48)14-12-22-21-6-5-19-15-20(39)11-13-33(19,3)29(21)24(40)16-34(22,35)4/h15,18,21-24,29-30,40,48H,5-14,16-17H2,1-4H3,(H2,36,42)(H,37,45)(H,38,43)(H,46,47)/t21-,22+,23-,24-,29-,30-,33-,34-,35-/m0/s1. The van der Waals surface area contributed by atoms with E-state index in [1.807, 2.05) is 6.92 Å². The number of hydrogen-bond donors (Lipinski definition) is 6. The SMILES string of the molecule is CC(C)[C@H](NC(=O)CCC(=O)OCC(=O)[C@@]1(O)CC[C@@H]2[C@@H]3CCC4=CC(=O)CC[C@]4(C)[C@@H]3[C@@H](O)C[C@@]21C)C(=O)N[C@@H](CCC(N)=O)C(=O)O. The van der Waals surface area contributed by atoms with Gasteiger partial charge in [0.05, 0.1) is 12.5 Å². The molecule has 0 heterocycles. The van der Waals surface area contributed by atoms with Gasteiger partial charge >= 0.3 is 11.9 Å². The highest BCUT2D eigenvalue weighted by Gasteiger charge is 2.68. The third kappa shape index (κ3) is 7.59. The van der Waals surface area contributed by atoms with E-state index in [1.165, 1.54) is 0 Å². The number of hydrogen-bond acceptors (Lipinski definition) is 10. The van der Waals surface area contributed by atoms with Crippen molar-refractivity contribution in [1.82, 2.24) is 10.6 Å². The zero-order valence-electron chi connectivity index (χ0n) is 28.8. The Hall–Kier alpha value is -3.65. The Bertz CT molecular complexity index is 1410. The highest BCUT2D eigenvalue weighted by Crippen LogP contribution is 2.67. The number of aliphatic carboxylic acids is 1. The van der Waals surface area contributed by atoms with E-state index in [2.05, 4.69) is 17.6 Å². The number of esters is 1. The van der Waals surface area contributed by atoms with E-state index in [4.69, 9.17) is 10.5 Å². The number of ketones is 2. The van der Waals surface area contributed by atoms with Crippen LogP contribution in [0.5, 0.6) is 0 Å². The fourth-order valence-electron chi connectivity index (χ4n) is 9.29. The van der Waals surface area contributed by atoms with Gasteiger partial charge in [0.1, 0.15) is 17.7 Å². The molecule has 0 spiro atoms. The van der Waals surface area contributed by atoms with Crippen LogP contribution in [0.1, 0.15) is 98.3 Å². The van der Waals surface area contributed by atoms with Crippen molar-refractivity contribution in [3.8, 4) is 0 Å². The number of carboxylic acids is 1. The maximum absolute atomic E-state index is 13.5. The van der Waals surface area contributed by atoms with Crippen molar-refractivity contribution in [2.45, 2.75) is 122 Å². The minimum absolute atomic E-state index is 0.0368. The number of rotatable bonds is 14. The minimum atomic E-state index is -1.82. The highest BCUT2D eigenvalue weighted by atomic mass is 16.5. The number of carbonyl (C=O) groups is 7. The van der Waals surface area contributed by atoms with E-state index < -0.39 is 83.6 Å². The average molecular weight is 690 g/mol. The summed E-state index contributed by atoms with van der Waals surface area (Å²) >= 11 is 0. The molecular formula is C35H51N3O11. The molecule has 0 aromatic carbocycles. The van der Waals surface area contributed by atoms with E-state index in [0.29, 0.717) is 19.3 Å². The van der Waals surface area contributed by atoms with Crippen LogP contribution in [0.3, 0.4) is 0 Å². The summed E-state index contributed by atoms with van der Waals surface area (Å²) in [7, 11) is 0. The number of aliphatic hydroxyl groups excluding tert-OH is 1. The maximum Gasteiger partial charge on any atom is 0.326 e. The molecular weight excluding hydrogens is 638 g/mol. The number of primary amides is 1. The zero-order valence-corrected chi connectivity index (χ0v) is 28.8.